The Labute approximate surface area is 199 Å². The van der Waals surface area contributed by atoms with E-state index in [1.165, 1.54) is 12.1 Å². The first-order chi connectivity index (χ1) is 16.4. The van der Waals surface area contributed by atoms with Crippen LogP contribution in [-0.4, -0.2) is 48.7 Å². The number of aromatic nitrogens is 2. The molecule has 0 aliphatic carbocycles. The number of carbonyl (C=O) groups is 1. The molecule has 0 radical (unpaired) electrons. The van der Waals surface area contributed by atoms with Crippen LogP contribution in [0.3, 0.4) is 0 Å². The smallest absolute Gasteiger partial charge is 0.304 e. The van der Waals surface area contributed by atoms with Crippen LogP contribution in [0.2, 0.25) is 0 Å². The van der Waals surface area contributed by atoms with E-state index >= 15 is 0 Å². The lowest BCUT2D eigenvalue weighted by Gasteiger charge is -2.17. The summed E-state index contributed by atoms with van der Waals surface area (Å²) in [4.78, 5) is 19.5. The number of hydrogen-bond acceptors (Lipinski definition) is 7. The number of carboxylic acid groups (broad SMARTS) is 1. The van der Waals surface area contributed by atoms with Gasteiger partial charge in [-0.05, 0) is 55.2 Å². The molecule has 2 heterocycles. The second kappa shape index (κ2) is 12.7. The van der Waals surface area contributed by atoms with Crippen LogP contribution < -0.4 is 14.8 Å². The number of sulfonamides is 1. The number of ether oxygens (including phenoxy) is 1. The average molecular weight is 485 g/mol. The van der Waals surface area contributed by atoms with Gasteiger partial charge in [0, 0.05) is 37.2 Å². The minimum absolute atomic E-state index is 0.0170. The molecule has 180 valence electrons. The van der Waals surface area contributed by atoms with Crippen LogP contribution >= 0.6 is 0 Å². The van der Waals surface area contributed by atoms with Gasteiger partial charge in [-0.1, -0.05) is 18.2 Å². The van der Waals surface area contributed by atoms with E-state index in [9.17, 15) is 18.3 Å². The van der Waals surface area contributed by atoms with Gasteiger partial charge >= 0.3 is 5.97 Å². The Balaban J connectivity index is 1.53. The zero-order valence-corrected chi connectivity index (χ0v) is 19.4. The third-order valence-corrected chi connectivity index (χ3v) is 6.39. The molecule has 1 aromatic carbocycles. The first-order valence-electron chi connectivity index (χ1n) is 10.9. The van der Waals surface area contributed by atoms with Gasteiger partial charge < -0.3 is 15.2 Å². The van der Waals surface area contributed by atoms with Crippen molar-refractivity contribution in [2.75, 3.05) is 18.5 Å². The van der Waals surface area contributed by atoms with E-state index in [-0.39, 0.29) is 17.7 Å². The van der Waals surface area contributed by atoms with E-state index in [0.29, 0.717) is 12.4 Å². The molecule has 0 saturated carbocycles. The van der Waals surface area contributed by atoms with Crippen molar-refractivity contribution in [1.82, 2.24) is 14.7 Å². The summed E-state index contributed by atoms with van der Waals surface area (Å²) in [7, 11) is -3.95. The predicted octanol–water partition coefficient (Wildman–Crippen LogP) is 3.11. The van der Waals surface area contributed by atoms with Crippen molar-refractivity contribution >= 4 is 21.8 Å². The number of nitrogens with one attached hydrogen (secondary N) is 2. The summed E-state index contributed by atoms with van der Waals surface area (Å²) in [5, 5.41) is 12.4. The summed E-state index contributed by atoms with van der Waals surface area (Å²) in [5.74, 6) is 0.160. The summed E-state index contributed by atoms with van der Waals surface area (Å²) in [5.41, 5.74) is 0.742. The summed E-state index contributed by atoms with van der Waals surface area (Å²) in [6.45, 7) is 1.18. The van der Waals surface area contributed by atoms with Gasteiger partial charge in [-0.2, -0.15) is 0 Å². The van der Waals surface area contributed by atoms with Crippen molar-refractivity contribution in [3.63, 3.8) is 0 Å². The number of benzene rings is 1. The van der Waals surface area contributed by atoms with Crippen LogP contribution in [0.1, 0.15) is 24.8 Å². The maximum Gasteiger partial charge on any atom is 0.304 e. The first kappa shape index (κ1) is 25.1. The second-order valence-electron chi connectivity index (χ2n) is 7.65. The third-order valence-electron chi connectivity index (χ3n) is 4.87. The summed E-state index contributed by atoms with van der Waals surface area (Å²) in [6.07, 6.45) is 6.41. The predicted molar refractivity (Wildman–Crippen MR) is 128 cm³/mol. The highest BCUT2D eigenvalue weighted by Crippen LogP contribution is 2.19. The molecule has 10 heteroatoms. The molecule has 3 aromatic rings. The van der Waals surface area contributed by atoms with Crippen LogP contribution in [0.15, 0.2) is 78.1 Å². The highest BCUT2D eigenvalue weighted by Gasteiger charge is 2.23. The number of aliphatic carboxylic acids is 1. The number of unbranched alkanes of at least 4 members (excludes halogenated alkanes) is 1. The highest BCUT2D eigenvalue weighted by molar-refractivity contribution is 7.89. The number of nitrogens with zero attached hydrogens (tertiary/aromatic N) is 2. The number of pyridine rings is 2. The van der Waals surface area contributed by atoms with Crippen molar-refractivity contribution in [2.24, 2.45) is 0 Å². The Bertz CT molecular complexity index is 1140. The van der Waals surface area contributed by atoms with Gasteiger partial charge in [0.25, 0.3) is 0 Å². The molecule has 0 bridgehead atoms. The van der Waals surface area contributed by atoms with Crippen LogP contribution in [0.4, 0.5) is 5.82 Å². The van der Waals surface area contributed by atoms with Gasteiger partial charge in [0.1, 0.15) is 11.6 Å². The topological polar surface area (TPSA) is 131 Å². The number of carboxylic acids is 1. The van der Waals surface area contributed by atoms with Gasteiger partial charge in [0.2, 0.25) is 10.0 Å². The maximum atomic E-state index is 12.9. The zero-order valence-electron chi connectivity index (χ0n) is 18.6. The van der Waals surface area contributed by atoms with Crippen molar-refractivity contribution in [2.45, 2.75) is 36.6 Å². The highest BCUT2D eigenvalue weighted by atomic mass is 32.2. The zero-order chi connectivity index (χ0) is 24.2. The number of hydrogen-bond donors (Lipinski definition) is 3. The van der Waals surface area contributed by atoms with E-state index in [4.69, 9.17) is 4.74 Å². The third kappa shape index (κ3) is 8.45. The Morgan fingerprint density at radius 3 is 2.68 bits per heavy atom. The molecule has 0 aliphatic heterocycles. The van der Waals surface area contributed by atoms with Crippen LogP contribution in [-0.2, 0) is 21.2 Å². The molecule has 1 atom stereocenters. The SMILES string of the molecule is O=C(O)CC(Cc1cccnc1)NS(=O)(=O)c1cccc(OCCCCNc2ccccn2)c1. The quantitative estimate of drug-likeness (QED) is 0.298. The lowest BCUT2D eigenvalue weighted by molar-refractivity contribution is -0.137. The molecule has 0 spiro atoms. The monoisotopic (exact) mass is 484 g/mol. The van der Waals surface area contributed by atoms with E-state index in [1.807, 2.05) is 18.2 Å². The van der Waals surface area contributed by atoms with Crippen molar-refractivity contribution in [3.8, 4) is 5.75 Å². The van der Waals surface area contributed by atoms with Crippen LogP contribution in [0, 0.1) is 0 Å². The molecule has 9 nitrogen and oxygen atoms in total. The van der Waals surface area contributed by atoms with E-state index in [2.05, 4.69) is 20.0 Å². The second-order valence-corrected chi connectivity index (χ2v) is 9.37. The molecule has 1 unspecified atom stereocenters. The average Bonchev–Trinajstić information content (AvgIpc) is 2.82. The Kier molecular flexibility index (Phi) is 9.36. The number of anilines is 1. The lowest BCUT2D eigenvalue weighted by Crippen LogP contribution is -2.38. The van der Waals surface area contributed by atoms with Crippen LogP contribution in [0.25, 0.3) is 0 Å². The Morgan fingerprint density at radius 1 is 1.06 bits per heavy atom. The minimum Gasteiger partial charge on any atom is -0.494 e. The maximum absolute atomic E-state index is 12.9. The molecule has 0 fully saturated rings. The number of rotatable bonds is 14. The molecule has 0 saturated heterocycles. The minimum atomic E-state index is -3.95. The fourth-order valence-electron chi connectivity index (χ4n) is 3.29. The molecule has 34 heavy (non-hydrogen) atoms. The summed E-state index contributed by atoms with van der Waals surface area (Å²) >= 11 is 0. The summed E-state index contributed by atoms with van der Waals surface area (Å²) in [6, 6.07) is 14.5. The van der Waals surface area contributed by atoms with E-state index in [1.54, 1.807) is 42.9 Å². The Hall–Kier alpha value is -3.50. The van der Waals surface area contributed by atoms with Gasteiger partial charge in [0.15, 0.2) is 0 Å². The van der Waals surface area contributed by atoms with Crippen molar-refractivity contribution in [3.05, 3.63) is 78.8 Å². The van der Waals surface area contributed by atoms with E-state index < -0.39 is 22.0 Å². The molecular weight excluding hydrogens is 456 g/mol. The molecular formula is C24H28N4O5S. The molecule has 3 N–H and O–H groups in total. The van der Waals surface area contributed by atoms with Crippen molar-refractivity contribution in [1.29, 1.82) is 0 Å². The van der Waals surface area contributed by atoms with Crippen LogP contribution in [0.5, 0.6) is 5.75 Å². The molecule has 2 aromatic heterocycles. The van der Waals surface area contributed by atoms with Gasteiger partial charge in [0.05, 0.1) is 17.9 Å². The van der Waals surface area contributed by atoms with E-state index in [0.717, 1.165) is 30.8 Å². The van der Waals surface area contributed by atoms with Crippen molar-refractivity contribution < 1.29 is 23.1 Å². The summed E-state index contributed by atoms with van der Waals surface area (Å²) < 4.78 is 34.1. The fourth-order valence-corrected chi connectivity index (χ4v) is 4.56. The molecule has 3 rings (SSSR count). The van der Waals surface area contributed by atoms with Gasteiger partial charge in [-0.3, -0.25) is 9.78 Å². The largest absolute Gasteiger partial charge is 0.494 e. The fraction of sp³-hybridized carbons (Fsp3) is 0.292. The van der Waals surface area contributed by atoms with Gasteiger partial charge in [-0.25, -0.2) is 18.1 Å². The molecule has 0 amide bonds. The molecule has 0 aliphatic rings. The Morgan fingerprint density at radius 2 is 1.94 bits per heavy atom. The van der Waals surface area contributed by atoms with Gasteiger partial charge in [-0.15, -0.1) is 0 Å². The standard InChI is InChI=1S/C24H28N4O5S/c29-24(30)16-20(15-19-7-6-11-25-18-19)28-34(31,32)22-9-5-8-21(17-22)33-14-4-3-13-27-23-10-1-2-12-26-23/h1-2,5-12,17-18,20,28H,3-4,13-16H2,(H,26,27)(H,29,30). The lowest BCUT2D eigenvalue weighted by atomic mass is 10.1. The first-order valence-corrected chi connectivity index (χ1v) is 12.4. The normalized spacial score (nSPS) is 12.1.